The van der Waals surface area contributed by atoms with E-state index in [1.807, 2.05) is 6.07 Å². The first-order valence-electron chi connectivity index (χ1n) is 5.69. The maximum Gasteiger partial charge on any atom is 0.337 e. The van der Waals surface area contributed by atoms with Crippen LogP contribution < -0.4 is 0 Å². The lowest BCUT2D eigenvalue weighted by atomic mass is 9.76. The van der Waals surface area contributed by atoms with E-state index in [0.717, 1.165) is 0 Å². The van der Waals surface area contributed by atoms with Gasteiger partial charge in [0.15, 0.2) is 5.78 Å². The second-order valence-electron chi connectivity index (χ2n) is 4.08. The number of hydrogen-bond acceptors (Lipinski definition) is 4. The van der Waals surface area contributed by atoms with Gasteiger partial charge in [0.1, 0.15) is 5.41 Å². The Labute approximate surface area is 116 Å². The summed E-state index contributed by atoms with van der Waals surface area (Å²) in [5, 5.41) is 9.34. The monoisotopic (exact) mass is 279 g/mol. The SMILES string of the molecule is COC(=O)c1ccc(C(C#N)(CCCl)C(C)=O)cc1. The molecule has 0 N–H and O–H groups in total. The number of ether oxygens (including phenoxy) is 1. The van der Waals surface area contributed by atoms with Crippen LogP contribution in [0.1, 0.15) is 29.3 Å². The quantitative estimate of drug-likeness (QED) is 0.613. The number of benzene rings is 1. The molecule has 0 fully saturated rings. The van der Waals surface area contributed by atoms with E-state index >= 15 is 0 Å². The summed E-state index contributed by atoms with van der Waals surface area (Å²) < 4.78 is 4.59. The molecule has 1 atom stereocenters. The van der Waals surface area contributed by atoms with Gasteiger partial charge in [0.25, 0.3) is 0 Å². The van der Waals surface area contributed by atoms with Crippen LogP contribution in [0.4, 0.5) is 0 Å². The molecule has 0 aliphatic carbocycles. The molecule has 0 saturated carbocycles. The Morgan fingerprint density at radius 1 is 1.37 bits per heavy atom. The summed E-state index contributed by atoms with van der Waals surface area (Å²) >= 11 is 5.69. The number of alkyl halides is 1. The molecule has 0 radical (unpaired) electrons. The summed E-state index contributed by atoms with van der Waals surface area (Å²) in [5.74, 6) is -0.526. The van der Waals surface area contributed by atoms with Crippen LogP contribution in [0.25, 0.3) is 0 Å². The van der Waals surface area contributed by atoms with Crippen molar-refractivity contribution in [1.29, 1.82) is 5.26 Å². The molecule has 0 aromatic heterocycles. The van der Waals surface area contributed by atoms with Crippen LogP contribution in [-0.2, 0) is 14.9 Å². The molecule has 100 valence electrons. The van der Waals surface area contributed by atoms with Gasteiger partial charge in [0.05, 0.1) is 18.7 Å². The van der Waals surface area contributed by atoms with E-state index in [2.05, 4.69) is 4.74 Å². The first-order chi connectivity index (χ1) is 9.01. The Bertz CT molecular complexity index is 518. The Kier molecular flexibility index (Phi) is 5.08. The van der Waals surface area contributed by atoms with Gasteiger partial charge in [-0.3, -0.25) is 4.79 Å². The third-order valence-electron chi connectivity index (χ3n) is 3.06. The van der Waals surface area contributed by atoms with E-state index in [1.54, 1.807) is 12.1 Å². The normalized spacial score (nSPS) is 13.2. The van der Waals surface area contributed by atoms with Gasteiger partial charge in [-0.25, -0.2) is 4.79 Å². The highest BCUT2D eigenvalue weighted by molar-refractivity contribution is 6.18. The number of nitrogens with zero attached hydrogens (tertiary/aromatic N) is 1. The number of rotatable bonds is 5. The van der Waals surface area contributed by atoms with Gasteiger partial charge >= 0.3 is 5.97 Å². The molecule has 0 spiro atoms. The van der Waals surface area contributed by atoms with Crippen molar-refractivity contribution in [1.82, 2.24) is 0 Å². The number of nitriles is 1. The highest BCUT2D eigenvalue weighted by atomic mass is 35.5. The summed E-state index contributed by atoms with van der Waals surface area (Å²) in [4.78, 5) is 23.1. The van der Waals surface area contributed by atoms with E-state index < -0.39 is 11.4 Å². The number of carbonyl (C=O) groups excluding carboxylic acids is 2. The Morgan fingerprint density at radius 2 is 1.95 bits per heavy atom. The van der Waals surface area contributed by atoms with Crippen LogP contribution >= 0.6 is 11.6 Å². The molecule has 1 unspecified atom stereocenters. The van der Waals surface area contributed by atoms with Gasteiger partial charge < -0.3 is 4.74 Å². The minimum atomic E-state index is -1.25. The molecule has 0 aliphatic heterocycles. The lowest BCUT2D eigenvalue weighted by Gasteiger charge is -2.23. The van der Waals surface area contributed by atoms with Crippen molar-refractivity contribution < 1.29 is 14.3 Å². The number of esters is 1. The summed E-state index contributed by atoms with van der Waals surface area (Å²) in [7, 11) is 1.29. The van der Waals surface area contributed by atoms with Gasteiger partial charge in [0, 0.05) is 5.88 Å². The summed E-state index contributed by atoms with van der Waals surface area (Å²) in [6.45, 7) is 1.37. The maximum absolute atomic E-state index is 11.8. The molecule has 0 aliphatic rings. The fraction of sp³-hybridized carbons (Fsp3) is 0.357. The van der Waals surface area contributed by atoms with Crippen molar-refractivity contribution in [2.75, 3.05) is 13.0 Å². The summed E-state index contributed by atoms with van der Waals surface area (Å²) in [5.41, 5.74) is -0.348. The standard InChI is InChI=1S/C14H14ClNO3/c1-10(17)14(9-16,7-8-15)12-5-3-11(4-6-12)13(18)19-2/h3-6H,7-8H2,1-2H3. The molecule has 0 bridgehead atoms. The molecule has 0 amide bonds. The number of hydrogen-bond donors (Lipinski definition) is 0. The highest BCUT2D eigenvalue weighted by Gasteiger charge is 2.37. The van der Waals surface area contributed by atoms with E-state index in [4.69, 9.17) is 11.6 Å². The minimum Gasteiger partial charge on any atom is -0.465 e. The molecule has 0 heterocycles. The number of carbonyl (C=O) groups is 2. The lowest BCUT2D eigenvalue weighted by molar-refractivity contribution is -0.120. The molecule has 1 aromatic rings. The molecule has 1 rings (SSSR count). The summed E-state index contributed by atoms with van der Waals surface area (Å²) in [6, 6.07) is 8.28. The van der Waals surface area contributed by atoms with Crippen LogP contribution in [0.3, 0.4) is 0 Å². The number of methoxy groups -OCH3 is 1. The lowest BCUT2D eigenvalue weighted by Crippen LogP contribution is -2.33. The van der Waals surface area contributed by atoms with Crippen molar-refractivity contribution >= 4 is 23.4 Å². The number of Topliss-reactive ketones (excluding diaryl/α,β-unsaturated/α-hetero) is 1. The molecule has 0 saturated heterocycles. The molecular formula is C14H14ClNO3. The zero-order valence-electron chi connectivity index (χ0n) is 10.8. The first-order valence-corrected chi connectivity index (χ1v) is 6.22. The van der Waals surface area contributed by atoms with Crippen molar-refractivity contribution in [3.05, 3.63) is 35.4 Å². The fourth-order valence-electron chi connectivity index (χ4n) is 1.87. The smallest absolute Gasteiger partial charge is 0.337 e. The Hall–Kier alpha value is -1.86. The first kappa shape index (κ1) is 15.2. The van der Waals surface area contributed by atoms with E-state index in [9.17, 15) is 14.9 Å². The second kappa shape index (κ2) is 6.35. The van der Waals surface area contributed by atoms with Crippen molar-refractivity contribution in [2.45, 2.75) is 18.8 Å². The average Bonchev–Trinajstić information content (AvgIpc) is 2.44. The van der Waals surface area contributed by atoms with Crippen LogP contribution in [-0.4, -0.2) is 24.7 Å². The fourth-order valence-corrected chi connectivity index (χ4v) is 2.16. The van der Waals surface area contributed by atoms with Crippen LogP contribution in [0.2, 0.25) is 0 Å². The average molecular weight is 280 g/mol. The van der Waals surface area contributed by atoms with Crippen LogP contribution in [0.15, 0.2) is 24.3 Å². The van der Waals surface area contributed by atoms with Gasteiger partial charge in [-0.1, -0.05) is 12.1 Å². The molecule has 5 heteroatoms. The third kappa shape index (κ3) is 2.94. The molecule has 4 nitrogen and oxygen atoms in total. The van der Waals surface area contributed by atoms with Crippen molar-refractivity contribution in [3.8, 4) is 6.07 Å². The van der Waals surface area contributed by atoms with E-state index in [0.29, 0.717) is 11.1 Å². The highest BCUT2D eigenvalue weighted by Crippen LogP contribution is 2.29. The van der Waals surface area contributed by atoms with Crippen molar-refractivity contribution in [3.63, 3.8) is 0 Å². The summed E-state index contributed by atoms with van der Waals surface area (Å²) in [6.07, 6.45) is 0.234. The zero-order chi connectivity index (χ0) is 14.5. The van der Waals surface area contributed by atoms with Gasteiger partial charge in [-0.15, -0.1) is 11.6 Å². The van der Waals surface area contributed by atoms with Crippen LogP contribution in [0.5, 0.6) is 0 Å². The predicted molar refractivity (Wildman–Crippen MR) is 71.1 cm³/mol. The third-order valence-corrected chi connectivity index (χ3v) is 3.25. The zero-order valence-corrected chi connectivity index (χ0v) is 11.5. The Balaban J connectivity index is 3.22. The molecular weight excluding hydrogens is 266 g/mol. The van der Waals surface area contributed by atoms with E-state index in [-0.39, 0.29) is 18.1 Å². The number of halogens is 1. The largest absolute Gasteiger partial charge is 0.465 e. The predicted octanol–water partition coefficient (Wildman–Crippen LogP) is 2.45. The second-order valence-corrected chi connectivity index (χ2v) is 4.46. The van der Waals surface area contributed by atoms with Crippen LogP contribution in [0, 0.1) is 11.3 Å². The topological polar surface area (TPSA) is 67.2 Å². The van der Waals surface area contributed by atoms with Gasteiger partial charge in [-0.2, -0.15) is 5.26 Å². The van der Waals surface area contributed by atoms with Gasteiger partial charge in [-0.05, 0) is 31.0 Å². The van der Waals surface area contributed by atoms with Crippen molar-refractivity contribution in [2.24, 2.45) is 0 Å². The molecule has 1 aromatic carbocycles. The maximum atomic E-state index is 11.8. The van der Waals surface area contributed by atoms with E-state index in [1.165, 1.54) is 26.2 Å². The Morgan fingerprint density at radius 3 is 2.32 bits per heavy atom. The minimum absolute atomic E-state index is 0.200. The number of ketones is 1. The van der Waals surface area contributed by atoms with Gasteiger partial charge in [0.2, 0.25) is 0 Å². The molecule has 19 heavy (non-hydrogen) atoms.